The fourth-order valence-corrected chi connectivity index (χ4v) is 4.99. The Morgan fingerprint density at radius 3 is 2.67 bits per heavy atom. The molecule has 11 nitrogen and oxygen atoms in total. The zero-order chi connectivity index (χ0) is 27.5. The number of piperazine rings is 1. The number of carbonyl (C=O) groups is 2. The number of anilines is 3. The maximum absolute atomic E-state index is 15.1. The van der Waals surface area contributed by atoms with Crippen molar-refractivity contribution in [2.75, 3.05) is 48.3 Å². The largest absolute Gasteiger partial charge is 0.373 e. The maximum Gasteiger partial charge on any atom is 0.243 e. The van der Waals surface area contributed by atoms with E-state index in [0.717, 1.165) is 11.3 Å². The maximum atomic E-state index is 15.1. The molecule has 1 atom stereocenters. The predicted octanol–water partition coefficient (Wildman–Crippen LogP) is 2.88. The number of rotatable bonds is 8. The van der Waals surface area contributed by atoms with E-state index in [4.69, 9.17) is 9.05 Å². The number of fused-ring (bicyclic) bond motifs is 1. The number of halogens is 1. The average molecular weight is 546 g/mol. The van der Waals surface area contributed by atoms with Gasteiger partial charge in [0, 0.05) is 56.0 Å². The van der Waals surface area contributed by atoms with Gasteiger partial charge in [-0.1, -0.05) is 34.6 Å². The first-order chi connectivity index (χ1) is 19.5. The molecule has 1 saturated heterocycles. The highest BCUT2D eigenvalue weighted by atomic mass is 19.1. The Balaban J connectivity index is 0.981. The first kappa shape index (κ1) is 25.4. The number of carbonyl (C=O) groups excluding carboxylic acids is 2. The van der Waals surface area contributed by atoms with E-state index in [-0.39, 0.29) is 30.2 Å². The molecule has 2 aromatic heterocycles. The van der Waals surface area contributed by atoms with Gasteiger partial charge < -0.3 is 34.8 Å². The van der Waals surface area contributed by atoms with Crippen LogP contribution in [0.3, 0.4) is 0 Å². The van der Waals surface area contributed by atoms with Gasteiger partial charge in [-0.25, -0.2) is 4.39 Å². The van der Waals surface area contributed by atoms with Crippen LogP contribution in [-0.4, -0.2) is 65.8 Å². The van der Waals surface area contributed by atoms with Crippen molar-refractivity contribution >= 4 is 29.0 Å². The second-order valence-corrected chi connectivity index (χ2v) is 9.73. The summed E-state index contributed by atoms with van der Waals surface area (Å²) in [5.74, 6) is 0.423. The SMILES string of the molecule is O=C(NCC(=O)N1CCN(c2ccc(-c3cc(CNc4ccon4)on3)cc2F)CC1)C1Cc2ccccc2N1. The van der Waals surface area contributed by atoms with Crippen LogP contribution >= 0.6 is 0 Å². The van der Waals surface area contributed by atoms with Crippen LogP contribution in [0.1, 0.15) is 11.3 Å². The number of benzene rings is 2. The van der Waals surface area contributed by atoms with Gasteiger partial charge in [0.2, 0.25) is 11.8 Å². The molecule has 4 heterocycles. The number of nitrogens with zero attached hydrogens (tertiary/aromatic N) is 4. The molecule has 0 aliphatic carbocycles. The minimum atomic E-state index is -0.382. The summed E-state index contributed by atoms with van der Waals surface area (Å²) in [6.07, 6.45) is 2.06. The smallest absolute Gasteiger partial charge is 0.243 e. The van der Waals surface area contributed by atoms with Gasteiger partial charge in [-0.15, -0.1) is 0 Å². The van der Waals surface area contributed by atoms with Crippen LogP contribution in [0.5, 0.6) is 0 Å². The van der Waals surface area contributed by atoms with Crippen molar-refractivity contribution in [1.29, 1.82) is 0 Å². The first-order valence-corrected chi connectivity index (χ1v) is 13.1. The van der Waals surface area contributed by atoms with E-state index in [1.54, 1.807) is 29.2 Å². The second-order valence-electron chi connectivity index (χ2n) is 9.73. The van der Waals surface area contributed by atoms with Crippen molar-refractivity contribution in [3.05, 3.63) is 78.0 Å². The summed E-state index contributed by atoms with van der Waals surface area (Å²) in [7, 11) is 0. The highest BCUT2D eigenvalue weighted by Gasteiger charge is 2.28. The van der Waals surface area contributed by atoms with Crippen molar-refractivity contribution in [2.45, 2.75) is 19.0 Å². The van der Waals surface area contributed by atoms with E-state index in [2.05, 4.69) is 26.3 Å². The molecule has 4 aromatic rings. The van der Waals surface area contributed by atoms with Crippen molar-refractivity contribution in [2.24, 2.45) is 0 Å². The van der Waals surface area contributed by atoms with Gasteiger partial charge in [-0.3, -0.25) is 9.59 Å². The molecule has 2 aromatic carbocycles. The molecular weight excluding hydrogens is 517 g/mol. The summed E-state index contributed by atoms with van der Waals surface area (Å²) in [6, 6.07) is 15.8. The summed E-state index contributed by atoms with van der Waals surface area (Å²) in [5, 5.41) is 16.8. The van der Waals surface area contributed by atoms with Gasteiger partial charge in [0.15, 0.2) is 11.6 Å². The van der Waals surface area contributed by atoms with Crippen LogP contribution in [0.15, 0.2) is 69.9 Å². The average Bonchev–Trinajstić information content (AvgIpc) is 3.76. The molecule has 1 fully saturated rings. The quantitative estimate of drug-likeness (QED) is 0.306. The molecule has 2 aliphatic heterocycles. The summed E-state index contributed by atoms with van der Waals surface area (Å²) in [5.41, 5.74) is 3.63. The van der Waals surface area contributed by atoms with Gasteiger partial charge in [0.25, 0.3) is 0 Å². The molecule has 0 saturated carbocycles. The number of hydrogen-bond acceptors (Lipinski definition) is 9. The van der Waals surface area contributed by atoms with Gasteiger partial charge in [-0.2, -0.15) is 0 Å². The summed E-state index contributed by atoms with van der Waals surface area (Å²) in [4.78, 5) is 28.9. The van der Waals surface area contributed by atoms with Gasteiger partial charge in [0.05, 0.1) is 18.8 Å². The van der Waals surface area contributed by atoms with E-state index in [0.29, 0.717) is 67.7 Å². The lowest BCUT2D eigenvalue weighted by molar-refractivity contribution is -0.133. The van der Waals surface area contributed by atoms with Crippen molar-refractivity contribution < 1.29 is 23.0 Å². The number of para-hydroxylation sites is 1. The highest BCUT2D eigenvalue weighted by Crippen LogP contribution is 2.28. The Kier molecular flexibility index (Phi) is 7.04. The standard InChI is InChI=1S/C28H28FN7O4/c29-21-13-19(23-15-20(40-33-23)16-30-26-7-12-39-34-26)5-6-25(21)35-8-10-36(11-9-35)27(37)17-31-28(38)24-14-18-3-1-2-4-22(18)32-24/h1-7,12-13,15,24,32H,8-11,14,16-17H2,(H,30,34)(H,31,38). The molecule has 3 N–H and O–H groups in total. The predicted molar refractivity (Wildman–Crippen MR) is 145 cm³/mol. The zero-order valence-electron chi connectivity index (χ0n) is 21.6. The molecule has 206 valence electrons. The summed E-state index contributed by atoms with van der Waals surface area (Å²) >= 11 is 0. The number of amides is 2. The molecule has 2 amide bonds. The minimum absolute atomic E-state index is 0.0653. The lowest BCUT2D eigenvalue weighted by Gasteiger charge is -2.36. The molecule has 12 heteroatoms. The topological polar surface area (TPSA) is 129 Å². The second kappa shape index (κ2) is 11.1. The minimum Gasteiger partial charge on any atom is -0.373 e. The summed E-state index contributed by atoms with van der Waals surface area (Å²) in [6.45, 7) is 2.14. The number of nitrogens with one attached hydrogen (secondary N) is 3. The monoisotopic (exact) mass is 545 g/mol. The van der Waals surface area contributed by atoms with Gasteiger partial charge >= 0.3 is 0 Å². The Labute approximate surface area is 229 Å². The normalized spacial score (nSPS) is 16.4. The van der Waals surface area contributed by atoms with Crippen LogP contribution in [0.25, 0.3) is 11.3 Å². The van der Waals surface area contributed by atoms with E-state index in [1.807, 2.05) is 29.2 Å². The van der Waals surface area contributed by atoms with Crippen LogP contribution in [0, 0.1) is 5.82 Å². The molecule has 1 unspecified atom stereocenters. The Morgan fingerprint density at radius 2 is 1.90 bits per heavy atom. The zero-order valence-corrected chi connectivity index (χ0v) is 21.6. The fraction of sp³-hybridized carbons (Fsp3) is 0.286. The molecule has 40 heavy (non-hydrogen) atoms. The Bertz CT molecular complexity index is 1470. The molecule has 0 radical (unpaired) electrons. The van der Waals surface area contributed by atoms with Gasteiger partial charge in [-0.05, 0) is 23.8 Å². The van der Waals surface area contributed by atoms with E-state index < -0.39 is 0 Å². The van der Waals surface area contributed by atoms with Crippen molar-refractivity contribution in [1.82, 2.24) is 20.5 Å². The van der Waals surface area contributed by atoms with Crippen LogP contribution in [0.2, 0.25) is 0 Å². The Morgan fingerprint density at radius 1 is 1.05 bits per heavy atom. The van der Waals surface area contributed by atoms with E-state index in [9.17, 15) is 9.59 Å². The first-order valence-electron chi connectivity index (χ1n) is 13.1. The lowest BCUT2D eigenvalue weighted by atomic mass is 10.1. The highest BCUT2D eigenvalue weighted by molar-refractivity contribution is 5.90. The Hall–Kier alpha value is -4.87. The molecule has 6 rings (SSSR count). The van der Waals surface area contributed by atoms with Crippen molar-refractivity contribution in [3.63, 3.8) is 0 Å². The third kappa shape index (κ3) is 5.46. The lowest BCUT2D eigenvalue weighted by Crippen LogP contribution is -2.52. The van der Waals surface area contributed by atoms with E-state index in [1.165, 1.54) is 12.3 Å². The summed E-state index contributed by atoms with van der Waals surface area (Å²) < 4.78 is 25.2. The third-order valence-electron chi connectivity index (χ3n) is 7.16. The molecular formula is C28H28FN7O4. The molecule has 0 spiro atoms. The van der Waals surface area contributed by atoms with Crippen molar-refractivity contribution in [3.8, 4) is 11.3 Å². The molecule has 0 bridgehead atoms. The number of hydrogen-bond donors (Lipinski definition) is 3. The van der Waals surface area contributed by atoms with E-state index >= 15 is 4.39 Å². The van der Waals surface area contributed by atoms with Crippen LogP contribution in [0.4, 0.5) is 21.6 Å². The van der Waals surface area contributed by atoms with Gasteiger partial charge in [0.1, 0.15) is 23.8 Å². The third-order valence-corrected chi connectivity index (χ3v) is 7.16. The van der Waals surface area contributed by atoms with Crippen LogP contribution < -0.4 is 20.9 Å². The molecule has 2 aliphatic rings. The van der Waals surface area contributed by atoms with Crippen LogP contribution in [-0.2, 0) is 22.6 Å². The fourth-order valence-electron chi connectivity index (χ4n) is 4.99. The number of aromatic nitrogens is 2.